The number of nitrogens with two attached hydrogens (primary N) is 1. The summed E-state index contributed by atoms with van der Waals surface area (Å²) in [6.07, 6.45) is 7.87. The molecule has 1 unspecified atom stereocenters. The lowest BCUT2D eigenvalue weighted by Gasteiger charge is -2.32. The first kappa shape index (κ1) is 16.9. The smallest absolute Gasteiger partial charge is 0.100 e. The Hall–Kier alpha value is -3.19. The lowest BCUT2D eigenvalue weighted by atomic mass is 10.0. The number of fused-ring (bicyclic) bond motifs is 1. The van der Waals surface area contributed by atoms with E-state index in [1.807, 2.05) is 25.6 Å². The van der Waals surface area contributed by atoms with Crippen LogP contribution >= 0.6 is 0 Å². The van der Waals surface area contributed by atoms with E-state index in [2.05, 4.69) is 55.5 Å². The fourth-order valence-electron chi connectivity index (χ4n) is 3.94. The van der Waals surface area contributed by atoms with Gasteiger partial charge in [0.25, 0.3) is 0 Å². The highest BCUT2D eigenvalue weighted by atomic mass is 15.2. The molecule has 1 fully saturated rings. The minimum atomic E-state index is 0.247. The van der Waals surface area contributed by atoms with Gasteiger partial charge in [0, 0.05) is 54.6 Å². The van der Waals surface area contributed by atoms with E-state index in [-0.39, 0.29) is 6.04 Å². The van der Waals surface area contributed by atoms with Crippen molar-refractivity contribution in [2.24, 2.45) is 12.8 Å². The van der Waals surface area contributed by atoms with Crippen molar-refractivity contribution in [3.8, 4) is 22.5 Å². The average Bonchev–Trinajstić information content (AvgIpc) is 3.34. The molecule has 1 atom stereocenters. The molecule has 7 heteroatoms. The molecule has 3 N–H and O–H groups in total. The highest BCUT2D eigenvalue weighted by Crippen LogP contribution is 2.31. The van der Waals surface area contributed by atoms with Crippen molar-refractivity contribution in [3.05, 3.63) is 48.9 Å². The molecule has 0 amide bonds. The minimum absolute atomic E-state index is 0.247. The molecule has 5 rings (SSSR count). The van der Waals surface area contributed by atoms with Crippen LogP contribution in [0.25, 0.3) is 33.4 Å². The van der Waals surface area contributed by atoms with E-state index in [9.17, 15) is 0 Å². The third-order valence-electron chi connectivity index (χ3n) is 5.39. The number of H-pyrrole nitrogens is 1. The number of nitrogens with zero attached hydrogens (tertiary/aromatic N) is 5. The number of hydrogen-bond acceptors (Lipinski definition) is 5. The van der Waals surface area contributed by atoms with Crippen molar-refractivity contribution < 1.29 is 0 Å². The van der Waals surface area contributed by atoms with Gasteiger partial charge >= 0.3 is 0 Å². The molecule has 7 nitrogen and oxygen atoms in total. The molecule has 0 bridgehead atoms. The maximum absolute atomic E-state index is 6.17. The second-order valence-electron chi connectivity index (χ2n) is 7.49. The summed E-state index contributed by atoms with van der Waals surface area (Å²) in [5, 5.41) is 13.0. The predicted molar refractivity (Wildman–Crippen MR) is 111 cm³/mol. The number of aromatic nitrogens is 5. The van der Waals surface area contributed by atoms with Gasteiger partial charge in [-0.3, -0.25) is 14.8 Å². The van der Waals surface area contributed by atoms with Crippen LogP contribution in [-0.2, 0) is 7.05 Å². The number of hydrogen-bond donors (Lipinski definition) is 2. The number of pyridine rings is 1. The van der Waals surface area contributed by atoms with Crippen LogP contribution in [-0.4, -0.2) is 44.1 Å². The van der Waals surface area contributed by atoms with Gasteiger partial charge in [0.05, 0.1) is 23.6 Å². The molecule has 142 valence electrons. The summed E-state index contributed by atoms with van der Waals surface area (Å²) in [5.41, 5.74) is 12.2. The van der Waals surface area contributed by atoms with Gasteiger partial charge in [-0.05, 0) is 31.0 Å². The summed E-state index contributed by atoms with van der Waals surface area (Å²) in [5.74, 6) is 0. The van der Waals surface area contributed by atoms with E-state index in [0.29, 0.717) is 0 Å². The van der Waals surface area contributed by atoms with Crippen LogP contribution < -0.4 is 10.6 Å². The van der Waals surface area contributed by atoms with Gasteiger partial charge in [-0.25, -0.2) is 0 Å². The summed E-state index contributed by atoms with van der Waals surface area (Å²) in [4.78, 5) is 6.92. The van der Waals surface area contributed by atoms with Crippen LogP contribution in [0.4, 0.5) is 5.69 Å². The molecule has 0 aliphatic carbocycles. The number of aromatic amines is 1. The first-order valence-electron chi connectivity index (χ1n) is 9.61. The molecular weight excluding hydrogens is 350 g/mol. The lowest BCUT2D eigenvalue weighted by Crippen LogP contribution is -2.42. The van der Waals surface area contributed by atoms with Gasteiger partial charge in [0.2, 0.25) is 0 Å². The van der Waals surface area contributed by atoms with E-state index in [0.717, 1.165) is 59.3 Å². The van der Waals surface area contributed by atoms with Crippen molar-refractivity contribution in [3.63, 3.8) is 0 Å². The normalized spacial score (nSPS) is 17.4. The molecule has 4 heterocycles. The van der Waals surface area contributed by atoms with Gasteiger partial charge in [-0.1, -0.05) is 12.1 Å². The van der Waals surface area contributed by atoms with Crippen LogP contribution in [0, 0.1) is 0 Å². The van der Waals surface area contributed by atoms with Gasteiger partial charge in [-0.15, -0.1) is 0 Å². The maximum Gasteiger partial charge on any atom is 0.100 e. The van der Waals surface area contributed by atoms with Gasteiger partial charge in [0.15, 0.2) is 0 Å². The molecule has 28 heavy (non-hydrogen) atoms. The Balaban J connectivity index is 1.55. The Morgan fingerprint density at radius 3 is 2.93 bits per heavy atom. The summed E-state index contributed by atoms with van der Waals surface area (Å²) in [6, 6.07) is 10.9. The Morgan fingerprint density at radius 2 is 2.11 bits per heavy atom. The van der Waals surface area contributed by atoms with Gasteiger partial charge in [-0.2, -0.15) is 10.2 Å². The van der Waals surface area contributed by atoms with Gasteiger partial charge in [0.1, 0.15) is 5.69 Å². The summed E-state index contributed by atoms with van der Waals surface area (Å²) in [6.45, 7) is 1.95. The van der Waals surface area contributed by atoms with Crippen molar-refractivity contribution >= 4 is 16.6 Å². The van der Waals surface area contributed by atoms with Crippen LogP contribution in [0.5, 0.6) is 0 Å². The van der Waals surface area contributed by atoms with Crippen molar-refractivity contribution in [1.82, 2.24) is 25.0 Å². The summed E-state index contributed by atoms with van der Waals surface area (Å²) < 4.78 is 1.78. The number of rotatable bonds is 3. The van der Waals surface area contributed by atoms with Crippen LogP contribution in [0.3, 0.4) is 0 Å². The second-order valence-corrected chi connectivity index (χ2v) is 7.49. The largest absolute Gasteiger partial charge is 0.370 e. The molecular formula is C21H23N7. The topological polar surface area (TPSA) is 88.6 Å². The number of piperidine rings is 1. The third kappa shape index (κ3) is 3.03. The number of benzene rings is 1. The number of anilines is 1. The fourth-order valence-corrected chi connectivity index (χ4v) is 3.94. The first-order valence-corrected chi connectivity index (χ1v) is 9.61. The number of nitrogens with one attached hydrogen (secondary N) is 1. The van der Waals surface area contributed by atoms with Crippen LogP contribution in [0.1, 0.15) is 12.8 Å². The van der Waals surface area contributed by atoms with Crippen LogP contribution in [0.15, 0.2) is 48.9 Å². The molecule has 1 aliphatic rings. The molecule has 0 saturated carbocycles. The molecule has 0 spiro atoms. The third-order valence-corrected chi connectivity index (χ3v) is 5.39. The zero-order valence-corrected chi connectivity index (χ0v) is 15.8. The Bertz CT molecular complexity index is 1130. The minimum Gasteiger partial charge on any atom is -0.370 e. The number of aryl methyl sites for hydroxylation is 1. The summed E-state index contributed by atoms with van der Waals surface area (Å²) in [7, 11) is 1.91. The van der Waals surface area contributed by atoms with E-state index in [1.54, 1.807) is 4.68 Å². The maximum atomic E-state index is 6.17. The van der Waals surface area contributed by atoms with E-state index < -0.39 is 0 Å². The van der Waals surface area contributed by atoms with E-state index in [1.165, 1.54) is 5.69 Å². The monoisotopic (exact) mass is 373 g/mol. The van der Waals surface area contributed by atoms with Crippen molar-refractivity contribution in [1.29, 1.82) is 0 Å². The summed E-state index contributed by atoms with van der Waals surface area (Å²) >= 11 is 0. The lowest BCUT2D eigenvalue weighted by molar-refractivity contribution is 0.506. The first-order chi connectivity index (χ1) is 13.7. The standard InChI is InChI=1S/C21H23N7/c1-27-12-15(10-24-27)19-9-18-20(11-23-19)25-26-21(18)14-4-2-6-17(8-14)28-7-3-5-16(22)13-28/h2,4,6,8-12,16H,3,5,7,13,22H2,1H3,(H,25,26). The van der Waals surface area contributed by atoms with E-state index in [4.69, 9.17) is 5.73 Å². The zero-order valence-electron chi connectivity index (χ0n) is 15.8. The zero-order chi connectivity index (χ0) is 19.1. The Kier molecular flexibility index (Phi) is 4.09. The molecule has 1 saturated heterocycles. The second kappa shape index (κ2) is 6.76. The quantitative estimate of drug-likeness (QED) is 0.576. The predicted octanol–water partition coefficient (Wildman–Crippen LogP) is 2.95. The SMILES string of the molecule is Cn1cc(-c2cc3c(-c4cccc(N5CCCC(N)C5)c4)n[nH]c3cn2)cn1. The average molecular weight is 373 g/mol. The Morgan fingerprint density at radius 1 is 1.18 bits per heavy atom. The highest BCUT2D eigenvalue weighted by molar-refractivity contribution is 5.94. The Labute approximate surface area is 163 Å². The van der Waals surface area contributed by atoms with E-state index >= 15 is 0 Å². The van der Waals surface area contributed by atoms with Crippen molar-refractivity contribution in [2.45, 2.75) is 18.9 Å². The fraction of sp³-hybridized carbons (Fsp3) is 0.286. The highest BCUT2D eigenvalue weighted by Gasteiger charge is 2.18. The van der Waals surface area contributed by atoms with Gasteiger partial charge < -0.3 is 10.6 Å². The van der Waals surface area contributed by atoms with Crippen molar-refractivity contribution in [2.75, 3.05) is 18.0 Å². The molecule has 3 aromatic heterocycles. The molecule has 0 radical (unpaired) electrons. The molecule has 1 aromatic carbocycles. The molecule has 1 aliphatic heterocycles. The van der Waals surface area contributed by atoms with Crippen LogP contribution in [0.2, 0.25) is 0 Å². The molecule has 4 aromatic rings.